The summed E-state index contributed by atoms with van der Waals surface area (Å²) in [6.45, 7) is -1.77. The van der Waals surface area contributed by atoms with Crippen molar-refractivity contribution in [2.45, 2.75) is 6.18 Å². The normalized spacial score (nSPS) is 11.4. The predicted molar refractivity (Wildman–Crippen MR) is 63.2 cm³/mol. The lowest BCUT2D eigenvalue weighted by atomic mass is 10.3. The zero-order valence-electron chi connectivity index (χ0n) is 9.45. The number of nitro benzene ring substituents is 1. The summed E-state index contributed by atoms with van der Waals surface area (Å²) in [5.74, 6) is 0.171. The molecule has 0 atom stereocenters. The van der Waals surface area contributed by atoms with E-state index in [9.17, 15) is 23.3 Å². The Labute approximate surface area is 114 Å². The second kappa shape index (κ2) is 6.71. The lowest BCUT2D eigenvalue weighted by Gasteiger charge is -2.10. The number of alkyl halides is 3. The Morgan fingerprint density at radius 3 is 2.58 bits per heavy atom. The molecular formula is C10H9BrF3NO4. The molecule has 9 heteroatoms. The summed E-state index contributed by atoms with van der Waals surface area (Å²) in [5.41, 5.74) is -0.172. The van der Waals surface area contributed by atoms with Crippen LogP contribution >= 0.6 is 15.9 Å². The predicted octanol–water partition coefficient (Wildman–Crippen LogP) is 3.32. The summed E-state index contributed by atoms with van der Waals surface area (Å²) < 4.78 is 45.2. The molecule has 0 aromatic heterocycles. The molecule has 0 aliphatic rings. The van der Waals surface area contributed by atoms with Gasteiger partial charge < -0.3 is 9.47 Å². The third kappa shape index (κ3) is 5.88. The van der Waals surface area contributed by atoms with E-state index in [1.807, 2.05) is 0 Å². The highest BCUT2D eigenvalue weighted by Crippen LogP contribution is 2.29. The van der Waals surface area contributed by atoms with E-state index in [2.05, 4.69) is 20.7 Å². The molecule has 5 nitrogen and oxygen atoms in total. The van der Waals surface area contributed by atoms with Gasteiger partial charge in [-0.25, -0.2) is 0 Å². The van der Waals surface area contributed by atoms with Gasteiger partial charge in [0.1, 0.15) is 19.0 Å². The van der Waals surface area contributed by atoms with E-state index in [1.54, 1.807) is 0 Å². The summed E-state index contributed by atoms with van der Waals surface area (Å²) >= 11 is 3.11. The van der Waals surface area contributed by atoms with Gasteiger partial charge >= 0.3 is 6.18 Å². The van der Waals surface area contributed by atoms with E-state index >= 15 is 0 Å². The van der Waals surface area contributed by atoms with Crippen molar-refractivity contribution in [3.63, 3.8) is 0 Å². The van der Waals surface area contributed by atoms with Crippen LogP contribution < -0.4 is 4.74 Å². The molecule has 0 N–H and O–H groups in total. The highest BCUT2D eigenvalue weighted by molar-refractivity contribution is 9.10. The Morgan fingerprint density at radius 1 is 1.32 bits per heavy atom. The average molecular weight is 344 g/mol. The maximum Gasteiger partial charge on any atom is 0.411 e. The Morgan fingerprint density at radius 2 is 2.00 bits per heavy atom. The third-order valence-electron chi connectivity index (χ3n) is 1.88. The number of halogens is 4. The smallest absolute Gasteiger partial charge is 0.411 e. The summed E-state index contributed by atoms with van der Waals surface area (Å²) in [7, 11) is 0. The van der Waals surface area contributed by atoms with Crippen LogP contribution in [0.5, 0.6) is 5.75 Å². The maximum absolute atomic E-state index is 11.8. The second-order valence-electron chi connectivity index (χ2n) is 3.39. The fourth-order valence-electron chi connectivity index (χ4n) is 1.11. The Bertz CT molecular complexity index is 453. The number of ether oxygens (including phenoxy) is 2. The van der Waals surface area contributed by atoms with Crippen LogP contribution in [0.2, 0.25) is 0 Å². The first-order valence-corrected chi connectivity index (χ1v) is 5.80. The minimum atomic E-state index is -4.38. The fourth-order valence-corrected chi connectivity index (χ4v) is 1.48. The molecule has 0 unspecified atom stereocenters. The molecule has 1 aromatic carbocycles. The van der Waals surface area contributed by atoms with Crippen molar-refractivity contribution >= 4 is 21.6 Å². The van der Waals surface area contributed by atoms with E-state index in [0.29, 0.717) is 4.47 Å². The van der Waals surface area contributed by atoms with E-state index < -0.39 is 17.7 Å². The van der Waals surface area contributed by atoms with Crippen LogP contribution in [0, 0.1) is 10.1 Å². The number of benzene rings is 1. The monoisotopic (exact) mass is 343 g/mol. The van der Waals surface area contributed by atoms with Crippen LogP contribution in [0.1, 0.15) is 0 Å². The van der Waals surface area contributed by atoms with Gasteiger partial charge in [0.15, 0.2) is 0 Å². The molecule has 1 rings (SSSR count). The molecule has 0 bridgehead atoms. The lowest BCUT2D eigenvalue weighted by Crippen LogP contribution is -2.19. The van der Waals surface area contributed by atoms with Gasteiger partial charge in [-0.15, -0.1) is 0 Å². The molecule has 0 saturated heterocycles. The van der Waals surface area contributed by atoms with Crippen molar-refractivity contribution in [1.82, 2.24) is 0 Å². The third-order valence-corrected chi connectivity index (χ3v) is 2.53. The van der Waals surface area contributed by atoms with Gasteiger partial charge in [-0.2, -0.15) is 13.2 Å². The van der Waals surface area contributed by atoms with Gasteiger partial charge in [-0.3, -0.25) is 10.1 Å². The molecule has 0 fully saturated rings. The number of hydrogen-bond acceptors (Lipinski definition) is 4. The topological polar surface area (TPSA) is 61.6 Å². The Hall–Kier alpha value is -1.35. The van der Waals surface area contributed by atoms with Gasteiger partial charge in [0, 0.05) is 6.07 Å². The van der Waals surface area contributed by atoms with Gasteiger partial charge in [0.05, 0.1) is 22.1 Å². The number of nitrogens with zero attached hydrogens (tertiary/aromatic N) is 1. The number of rotatable bonds is 6. The van der Waals surface area contributed by atoms with Crippen molar-refractivity contribution in [3.05, 3.63) is 32.8 Å². The van der Waals surface area contributed by atoms with Crippen LogP contribution in [-0.2, 0) is 4.74 Å². The standard InChI is InChI=1S/C10H9BrF3NO4/c11-8-2-1-7(15(16)17)5-9(8)19-4-3-18-6-10(12,13)14/h1-2,5H,3-4,6H2. The molecular weight excluding hydrogens is 335 g/mol. The van der Waals surface area contributed by atoms with Gasteiger partial charge in [0.2, 0.25) is 0 Å². The van der Waals surface area contributed by atoms with Gasteiger partial charge in [-0.05, 0) is 22.0 Å². The molecule has 0 heterocycles. The molecule has 0 aliphatic heterocycles. The zero-order valence-corrected chi connectivity index (χ0v) is 11.0. The number of non-ortho nitro benzene ring substituents is 1. The largest absolute Gasteiger partial charge is 0.490 e. The van der Waals surface area contributed by atoms with E-state index in [4.69, 9.17) is 4.74 Å². The van der Waals surface area contributed by atoms with Gasteiger partial charge in [0.25, 0.3) is 5.69 Å². The van der Waals surface area contributed by atoms with E-state index in [0.717, 1.165) is 0 Å². The number of hydrogen-bond donors (Lipinski definition) is 0. The van der Waals surface area contributed by atoms with Crippen LogP contribution in [0.3, 0.4) is 0 Å². The zero-order chi connectivity index (χ0) is 14.5. The van der Waals surface area contributed by atoms with Crippen LogP contribution in [-0.4, -0.2) is 30.9 Å². The molecule has 0 aliphatic carbocycles. The van der Waals surface area contributed by atoms with Crippen molar-refractivity contribution in [1.29, 1.82) is 0 Å². The van der Waals surface area contributed by atoms with Crippen molar-refractivity contribution in [2.75, 3.05) is 19.8 Å². The average Bonchev–Trinajstić information content (AvgIpc) is 2.29. The molecule has 1 aromatic rings. The Balaban J connectivity index is 2.45. The van der Waals surface area contributed by atoms with Gasteiger partial charge in [-0.1, -0.05) is 0 Å². The Kier molecular flexibility index (Phi) is 5.55. The minimum Gasteiger partial charge on any atom is -0.490 e. The van der Waals surface area contributed by atoms with Crippen LogP contribution in [0.25, 0.3) is 0 Å². The minimum absolute atomic E-state index is 0.143. The number of nitro groups is 1. The first-order chi connectivity index (χ1) is 8.79. The summed E-state index contributed by atoms with van der Waals surface area (Å²) in [6.07, 6.45) is -4.38. The quantitative estimate of drug-likeness (QED) is 0.451. The SMILES string of the molecule is O=[N+]([O-])c1ccc(Br)c(OCCOCC(F)(F)F)c1. The molecule has 106 valence electrons. The van der Waals surface area contributed by atoms with Crippen LogP contribution in [0.15, 0.2) is 22.7 Å². The molecule has 0 amide bonds. The van der Waals surface area contributed by atoms with Crippen LogP contribution in [0.4, 0.5) is 18.9 Å². The molecule has 0 radical (unpaired) electrons. The first kappa shape index (κ1) is 15.7. The highest BCUT2D eigenvalue weighted by atomic mass is 79.9. The maximum atomic E-state index is 11.8. The summed E-state index contributed by atoms with van der Waals surface area (Å²) in [6, 6.07) is 3.87. The van der Waals surface area contributed by atoms with Crippen molar-refractivity contribution in [2.24, 2.45) is 0 Å². The highest BCUT2D eigenvalue weighted by Gasteiger charge is 2.27. The lowest BCUT2D eigenvalue weighted by molar-refractivity contribution is -0.385. The van der Waals surface area contributed by atoms with Crippen molar-refractivity contribution < 1.29 is 27.6 Å². The molecule has 0 saturated carbocycles. The fraction of sp³-hybridized carbons (Fsp3) is 0.400. The first-order valence-electron chi connectivity index (χ1n) is 5.01. The van der Waals surface area contributed by atoms with E-state index in [-0.39, 0.29) is 24.7 Å². The summed E-state index contributed by atoms with van der Waals surface area (Å²) in [4.78, 5) is 9.94. The van der Waals surface area contributed by atoms with Crippen molar-refractivity contribution in [3.8, 4) is 5.75 Å². The van der Waals surface area contributed by atoms with E-state index in [1.165, 1.54) is 18.2 Å². The molecule has 19 heavy (non-hydrogen) atoms. The second-order valence-corrected chi connectivity index (χ2v) is 4.24. The summed E-state index contributed by atoms with van der Waals surface area (Å²) in [5, 5.41) is 10.5. The molecule has 0 spiro atoms.